The molecule has 0 amide bonds. The average molecular weight is 439 g/mol. The third-order valence-corrected chi connectivity index (χ3v) is 5.43. The molecule has 0 saturated heterocycles. The van der Waals surface area contributed by atoms with Crippen molar-refractivity contribution in [1.82, 2.24) is 29.3 Å². The molecule has 0 bridgehead atoms. The second-order valence-corrected chi connectivity index (χ2v) is 7.77. The predicted molar refractivity (Wildman–Crippen MR) is 122 cm³/mol. The summed E-state index contributed by atoms with van der Waals surface area (Å²) in [5.74, 6) is 0.996. The van der Waals surface area contributed by atoms with E-state index in [-0.39, 0.29) is 17.2 Å². The number of hydrogen-bond donors (Lipinski definition) is 2. The monoisotopic (exact) mass is 438 g/mol. The van der Waals surface area contributed by atoms with Crippen LogP contribution in [0.5, 0.6) is 0 Å². The van der Waals surface area contributed by atoms with E-state index >= 15 is 0 Å². The smallest absolute Gasteiger partial charge is 0.260 e. The quantitative estimate of drug-likeness (QED) is 0.502. The molecule has 0 unspecified atom stereocenters. The number of nitrogens with two attached hydrogens (primary N) is 2. The van der Waals surface area contributed by atoms with Crippen molar-refractivity contribution in [2.75, 3.05) is 11.5 Å². The lowest BCUT2D eigenvalue weighted by Crippen LogP contribution is -2.22. The van der Waals surface area contributed by atoms with Gasteiger partial charge in [-0.1, -0.05) is 30.7 Å². The number of pyridine rings is 1. The molecular formula is C21H23ClN8O. The van der Waals surface area contributed by atoms with Crippen LogP contribution in [0.4, 0.5) is 11.6 Å². The van der Waals surface area contributed by atoms with Gasteiger partial charge in [-0.05, 0) is 36.8 Å². The van der Waals surface area contributed by atoms with Crippen molar-refractivity contribution >= 4 is 34.0 Å². The van der Waals surface area contributed by atoms with Gasteiger partial charge in [0, 0.05) is 18.8 Å². The molecule has 1 fully saturated rings. The summed E-state index contributed by atoms with van der Waals surface area (Å²) < 4.78 is 3.50. The first-order valence-corrected chi connectivity index (χ1v) is 10.3. The van der Waals surface area contributed by atoms with Crippen LogP contribution < -0.4 is 17.0 Å². The number of aryl methyl sites for hydroxylation is 2. The topological polar surface area (TPSA) is 131 Å². The van der Waals surface area contributed by atoms with Crippen LogP contribution in [0, 0.1) is 0 Å². The minimum atomic E-state index is 0.0763. The molecule has 0 spiro atoms. The third kappa shape index (κ3) is 4.09. The fourth-order valence-corrected chi connectivity index (χ4v) is 3.75. The highest BCUT2D eigenvalue weighted by molar-refractivity contribution is 6.35. The van der Waals surface area contributed by atoms with E-state index in [1.807, 2.05) is 16.7 Å². The van der Waals surface area contributed by atoms with Crippen molar-refractivity contribution in [1.29, 1.82) is 0 Å². The maximum atomic E-state index is 12.5. The Morgan fingerprint density at radius 3 is 2.45 bits per heavy atom. The van der Waals surface area contributed by atoms with E-state index in [1.54, 1.807) is 24.1 Å². The lowest BCUT2D eigenvalue weighted by molar-refractivity contribution is 0.670. The maximum absolute atomic E-state index is 12.5. The van der Waals surface area contributed by atoms with E-state index in [9.17, 15) is 4.79 Å². The highest BCUT2D eigenvalue weighted by atomic mass is 35.5. The van der Waals surface area contributed by atoms with E-state index in [0.717, 1.165) is 30.3 Å². The van der Waals surface area contributed by atoms with Gasteiger partial charge in [0.2, 0.25) is 0 Å². The van der Waals surface area contributed by atoms with Gasteiger partial charge in [0.1, 0.15) is 29.9 Å². The van der Waals surface area contributed by atoms with E-state index < -0.39 is 0 Å². The molecule has 1 aromatic carbocycles. The zero-order chi connectivity index (χ0) is 22.1. The van der Waals surface area contributed by atoms with Crippen LogP contribution >= 0.6 is 11.6 Å². The van der Waals surface area contributed by atoms with Crippen LogP contribution in [0.25, 0.3) is 22.2 Å². The molecule has 0 aliphatic heterocycles. The van der Waals surface area contributed by atoms with Gasteiger partial charge < -0.3 is 16.0 Å². The number of anilines is 2. The Kier molecular flexibility index (Phi) is 5.60. The zero-order valence-electron chi connectivity index (χ0n) is 17.3. The summed E-state index contributed by atoms with van der Waals surface area (Å²) in [6, 6.07) is 8.14. The van der Waals surface area contributed by atoms with Gasteiger partial charge in [0.05, 0.1) is 10.4 Å². The number of hydrogen-bond acceptors (Lipinski definition) is 7. The van der Waals surface area contributed by atoms with Crippen molar-refractivity contribution in [3.05, 3.63) is 58.0 Å². The molecule has 3 heterocycles. The summed E-state index contributed by atoms with van der Waals surface area (Å²) in [6.45, 7) is 2.09. The maximum Gasteiger partial charge on any atom is 0.260 e. The fourth-order valence-electron chi connectivity index (χ4n) is 3.49. The van der Waals surface area contributed by atoms with Gasteiger partial charge in [-0.15, -0.1) is 0 Å². The number of rotatable bonds is 3. The number of benzene rings is 1. The Balaban J connectivity index is 0.000000152. The Hall–Kier alpha value is -3.46. The van der Waals surface area contributed by atoms with Gasteiger partial charge in [-0.2, -0.15) is 5.10 Å². The summed E-state index contributed by atoms with van der Waals surface area (Å²) in [5.41, 5.74) is 13.0. The predicted octanol–water partition coefficient (Wildman–Crippen LogP) is 2.99. The molecule has 160 valence electrons. The molecule has 31 heavy (non-hydrogen) atoms. The van der Waals surface area contributed by atoms with Crippen LogP contribution in [-0.2, 0) is 13.5 Å². The molecule has 3 aromatic heterocycles. The molecule has 4 aromatic rings. The van der Waals surface area contributed by atoms with E-state index in [1.165, 1.54) is 6.33 Å². The molecule has 0 radical (unpaired) electrons. The van der Waals surface area contributed by atoms with Gasteiger partial charge in [-0.3, -0.25) is 9.48 Å². The first-order valence-electron chi connectivity index (χ1n) is 9.95. The largest absolute Gasteiger partial charge is 0.383 e. The molecule has 10 heteroatoms. The highest BCUT2D eigenvalue weighted by Crippen LogP contribution is 2.36. The molecule has 0 atom stereocenters. The molecule has 1 aliphatic carbocycles. The Morgan fingerprint density at radius 2 is 1.87 bits per heavy atom. The zero-order valence-corrected chi connectivity index (χ0v) is 18.0. The number of halogens is 1. The summed E-state index contributed by atoms with van der Waals surface area (Å²) in [4.78, 5) is 24.2. The molecule has 1 saturated carbocycles. The van der Waals surface area contributed by atoms with Gasteiger partial charge >= 0.3 is 0 Å². The van der Waals surface area contributed by atoms with Crippen LogP contribution in [-0.4, -0.2) is 29.3 Å². The number of fused-ring (bicyclic) bond motifs is 1. The molecular weight excluding hydrogens is 416 g/mol. The van der Waals surface area contributed by atoms with Crippen LogP contribution in [0.15, 0.2) is 41.7 Å². The summed E-state index contributed by atoms with van der Waals surface area (Å²) in [7, 11) is 1.76. The fraction of sp³-hybridized carbons (Fsp3) is 0.286. The molecule has 4 N–H and O–H groups in total. The van der Waals surface area contributed by atoms with E-state index in [4.69, 9.17) is 23.1 Å². The average Bonchev–Trinajstić information content (AvgIpc) is 3.48. The standard InChI is InChI=1S/C14H14ClNO.C7H9N7/c1-2-10-8-9-4-3-5-12(15)13(9)14(17)16(10)11-6-7-11;1-14-3-12-7(13-14)4-5(8)10-2-11-6(4)9/h3-5,8,11H,2,6-7H2,1H3;2-3H,1H3,(H4,8,9,10,11). The minimum Gasteiger partial charge on any atom is -0.383 e. The van der Waals surface area contributed by atoms with E-state index in [0.29, 0.717) is 27.8 Å². The van der Waals surface area contributed by atoms with Gasteiger partial charge in [0.25, 0.3) is 5.56 Å². The Labute approximate surface area is 183 Å². The normalized spacial score (nSPS) is 13.1. The van der Waals surface area contributed by atoms with Crippen molar-refractivity contribution < 1.29 is 0 Å². The lowest BCUT2D eigenvalue weighted by atomic mass is 10.1. The molecule has 9 nitrogen and oxygen atoms in total. The highest BCUT2D eigenvalue weighted by Gasteiger charge is 2.27. The van der Waals surface area contributed by atoms with E-state index in [2.05, 4.69) is 33.0 Å². The summed E-state index contributed by atoms with van der Waals surface area (Å²) in [5, 5.41) is 6.25. The summed E-state index contributed by atoms with van der Waals surface area (Å²) in [6.07, 6.45) is 5.97. The Morgan fingerprint density at radius 1 is 1.16 bits per heavy atom. The van der Waals surface area contributed by atoms with Crippen molar-refractivity contribution in [2.45, 2.75) is 32.2 Å². The Bertz CT molecular complexity index is 1290. The van der Waals surface area contributed by atoms with Crippen molar-refractivity contribution in [2.24, 2.45) is 7.05 Å². The van der Waals surface area contributed by atoms with Crippen LogP contribution in [0.1, 0.15) is 31.5 Å². The second kappa shape index (κ2) is 8.35. The number of aromatic nitrogens is 6. The first kappa shape index (κ1) is 20.8. The van der Waals surface area contributed by atoms with Gasteiger partial charge in [-0.25, -0.2) is 15.0 Å². The minimum absolute atomic E-state index is 0.0763. The van der Waals surface area contributed by atoms with Gasteiger partial charge in [0.15, 0.2) is 5.82 Å². The summed E-state index contributed by atoms with van der Waals surface area (Å²) >= 11 is 6.14. The number of nitrogen functional groups attached to an aromatic ring is 2. The SMILES string of the molecule is CCc1cc2cccc(Cl)c2c(=O)n1C1CC1.Cn1cnc(-c2c(N)ncnc2N)n1. The molecule has 5 rings (SSSR count). The number of nitrogens with zero attached hydrogens (tertiary/aromatic N) is 6. The second-order valence-electron chi connectivity index (χ2n) is 7.36. The first-order chi connectivity index (χ1) is 14.9. The van der Waals surface area contributed by atoms with Crippen LogP contribution in [0.2, 0.25) is 5.02 Å². The van der Waals surface area contributed by atoms with Crippen molar-refractivity contribution in [3.8, 4) is 11.4 Å². The third-order valence-electron chi connectivity index (χ3n) is 5.11. The van der Waals surface area contributed by atoms with Crippen LogP contribution in [0.3, 0.4) is 0 Å². The van der Waals surface area contributed by atoms with Crippen molar-refractivity contribution in [3.63, 3.8) is 0 Å². The molecule has 1 aliphatic rings. The lowest BCUT2D eigenvalue weighted by Gasteiger charge is -2.12.